The number of nitrogens with one attached hydrogen (secondary N) is 3. The zero-order valence-electron chi connectivity index (χ0n) is 22.6. The molecule has 0 aliphatic heterocycles. The van der Waals surface area contributed by atoms with Crippen LogP contribution in [0.5, 0.6) is 0 Å². The van der Waals surface area contributed by atoms with Crippen LogP contribution in [0.2, 0.25) is 0 Å². The molecule has 0 bridgehead atoms. The molecule has 1 fully saturated rings. The number of aromatic nitrogens is 5. The van der Waals surface area contributed by atoms with Gasteiger partial charge in [-0.15, -0.1) is 0 Å². The molecule has 1 aliphatic rings. The number of benzene rings is 1. The molecule has 3 aromatic heterocycles. The van der Waals surface area contributed by atoms with Crippen molar-refractivity contribution < 1.29 is 9.18 Å². The molecular weight excluding hydrogens is 495 g/mol. The number of rotatable bonds is 9. The Morgan fingerprint density at radius 1 is 1.08 bits per heavy atom. The summed E-state index contributed by atoms with van der Waals surface area (Å²) in [6, 6.07) is 11.0. The first-order valence-electron chi connectivity index (χ1n) is 13.6. The lowest BCUT2D eigenvalue weighted by molar-refractivity contribution is -0.121. The van der Waals surface area contributed by atoms with Crippen molar-refractivity contribution in [3.8, 4) is 11.3 Å². The topological polar surface area (TPSA) is 110 Å². The third kappa shape index (κ3) is 6.32. The Labute approximate surface area is 227 Å². The van der Waals surface area contributed by atoms with Crippen LogP contribution in [-0.2, 0) is 11.3 Å². The number of hydrogen-bond acceptors (Lipinski definition) is 7. The Morgan fingerprint density at radius 2 is 1.87 bits per heavy atom. The van der Waals surface area contributed by atoms with Crippen LogP contribution >= 0.6 is 0 Å². The van der Waals surface area contributed by atoms with Crippen molar-refractivity contribution in [2.75, 3.05) is 10.6 Å². The summed E-state index contributed by atoms with van der Waals surface area (Å²) < 4.78 is 15.6. The van der Waals surface area contributed by atoms with E-state index in [0.717, 1.165) is 42.5 Å². The Hall–Kier alpha value is -4.08. The molecule has 204 valence electrons. The lowest BCUT2D eigenvalue weighted by Gasteiger charge is -2.29. The molecular formula is C29H35FN8O. The van der Waals surface area contributed by atoms with Gasteiger partial charge in [-0.1, -0.05) is 25.1 Å². The minimum atomic E-state index is -0.283. The number of anilines is 2. The average molecular weight is 531 g/mol. The fraction of sp³-hybridized carbons (Fsp3) is 0.414. The van der Waals surface area contributed by atoms with Crippen LogP contribution in [0.25, 0.3) is 22.4 Å². The lowest BCUT2D eigenvalue weighted by atomic mass is 9.91. The van der Waals surface area contributed by atoms with Crippen molar-refractivity contribution in [2.45, 2.75) is 77.5 Å². The van der Waals surface area contributed by atoms with Gasteiger partial charge < -0.3 is 20.5 Å². The number of carbonyl (C=O) groups is 1. The van der Waals surface area contributed by atoms with Crippen LogP contribution < -0.4 is 16.0 Å². The summed E-state index contributed by atoms with van der Waals surface area (Å²) in [6.07, 6.45) is 7.83. The van der Waals surface area contributed by atoms with Gasteiger partial charge in [-0.05, 0) is 63.3 Å². The van der Waals surface area contributed by atoms with Crippen molar-refractivity contribution >= 4 is 28.8 Å². The van der Waals surface area contributed by atoms with Gasteiger partial charge in [-0.3, -0.25) is 9.78 Å². The fourth-order valence-electron chi connectivity index (χ4n) is 4.91. The summed E-state index contributed by atoms with van der Waals surface area (Å²) in [5.41, 5.74) is 3.91. The number of carbonyl (C=O) groups excluding carboxylic acids is 1. The van der Waals surface area contributed by atoms with Crippen LogP contribution in [0.15, 0.2) is 48.9 Å². The predicted molar refractivity (Wildman–Crippen MR) is 151 cm³/mol. The molecule has 0 saturated heterocycles. The zero-order valence-corrected chi connectivity index (χ0v) is 22.6. The number of halogens is 1. The Bertz CT molecular complexity index is 1430. The molecule has 3 N–H and O–H groups in total. The first-order chi connectivity index (χ1) is 18.9. The summed E-state index contributed by atoms with van der Waals surface area (Å²) in [4.78, 5) is 30.5. The van der Waals surface area contributed by atoms with Crippen molar-refractivity contribution in [3.05, 3.63) is 60.3 Å². The van der Waals surface area contributed by atoms with Gasteiger partial charge in [0.1, 0.15) is 5.82 Å². The van der Waals surface area contributed by atoms with Crippen LogP contribution in [-0.4, -0.2) is 42.5 Å². The van der Waals surface area contributed by atoms with Gasteiger partial charge in [0.2, 0.25) is 11.9 Å². The third-order valence-corrected chi connectivity index (χ3v) is 7.13. The standard InChI is InChI=1S/C29H35FN8O/c1-4-25(39)34-22-9-11-23(12-10-22)35-29-36-27(26-28(37-29)38(17-33-26)18(2)3)32-16-19-8-13-24(31-15-19)20-6-5-7-21(30)14-20/h5-8,13-15,17-18,22-23H,4,9-12,16H2,1-3H3,(H,34,39)(H2,32,35,36,37). The second-order valence-corrected chi connectivity index (χ2v) is 10.3. The van der Waals surface area contributed by atoms with Crippen LogP contribution in [0.4, 0.5) is 16.2 Å². The normalized spacial score (nSPS) is 17.4. The van der Waals surface area contributed by atoms with E-state index in [2.05, 4.69) is 39.8 Å². The number of pyridine rings is 1. The predicted octanol–water partition coefficient (Wildman–Crippen LogP) is 5.47. The summed E-state index contributed by atoms with van der Waals surface area (Å²) in [7, 11) is 0. The molecule has 0 atom stereocenters. The molecule has 4 aromatic rings. The number of fused-ring (bicyclic) bond motifs is 1. The van der Waals surface area contributed by atoms with Gasteiger partial charge in [0.05, 0.1) is 12.0 Å². The Kier molecular flexibility index (Phi) is 7.99. The number of nitrogens with zero attached hydrogens (tertiary/aromatic N) is 5. The van der Waals surface area contributed by atoms with Crippen molar-refractivity contribution in [3.63, 3.8) is 0 Å². The summed E-state index contributed by atoms with van der Waals surface area (Å²) in [6.45, 7) is 6.57. The molecule has 1 amide bonds. The molecule has 5 rings (SSSR count). The van der Waals surface area contributed by atoms with Gasteiger partial charge in [0, 0.05) is 42.9 Å². The first kappa shape index (κ1) is 26.5. The molecule has 3 heterocycles. The summed E-state index contributed by atoms with van der Waals surface area (Å²) in [5.74, 6) is 1.04. The molecule has 39 heavy (non-hydrogen) atoms. The first-order valence-corrected chi connectivity index (χ1v) is 13.6. The van der Waals surface area contributed by atoms with Crippen molar-refractivity contribution in [2.24, 2.45) is 0 Å². The molecule has 1 saturated carbocycles. The molecule has 0 radical (unpaired) electrons. The minimum absolute atomic E-state index is 0.108. The summed E-state index contributed by atoms with van der Waals surface area (Å²) >= 11 is 0. The van der Waals surface area contributed by atoms with Crippen LogP contribution in [0, 0.1) is 5.82 Å². The van der Waals surface area contributed by atoms with Crippen LogP contribution in [0.3, 0.4) is 0 Å². The van der Waals surface area contributed by atoms with Crippen LogP contribution in [0.1, 0.15) is 64.5 Å². The van der Waals surface area contributed by atoms with Crippen molar-refractivity contribution in [1.29, 1.82) is 0 Å². The van der Waals surface area contributed by atoms with E-state index in [-0.39, 0.29) is 29.8 Å². The molecule has 1 aromatic carbocycles. The monoisotopic (exact) mass is 530 g/mol. The highest BCUT2D eigenvalue weighted by Crippen LogP contribution is 2.27. The second kappa shape index (κ2) is 11.8. The highest BCUT2D eigenvalue weighted by Gasteiger charge is 2.23. The average Bonchev–Trinajstić information content (AvgIpc) is 3.37. The number of hydrogen-bond donors (Lipinski definition) is 3. The van der Waals surface area contributed by atoms with E-state index < -0.39 is 0 Å². The van der Waals surface area contributed by atoms with E-state index in [9.17, 15) is 9.18 Å². The molecule has 1 aliphatic carbocycles. The third-order valence-electron chi connectivity index (χ3n) is 7.13. The van der Waals surface area contributed by atoms with E-state index in [4.69, 9.17) is 9.97 Å². The Morgan fingerprint density at radius 3 is 2.56 bits per heavy atom. The Balaban J connectivity index is 1.31. The van der Waals surface area contributed by atoms with Gasteiger partial charge in [-0.25, -0.2) is 9.37 Å². The van der Waals surface area contributed by atoms with E-state index in [1.165, 1.54) is 12.1 Å². The maximum atomic E-state index is 13.6. The number of imidazole rings is 1. The van der Waals surface area contributed by atoms with E-state index in [1.54, 1.807) is 18.6 Å². The quantitative estimate of drug-likeness (QED) is 0.263. The van der Waals surface area contributed by atoms with Gasteiger partial charge in [-0.2, -0.15) is 9.97 Å². The van der Waals surface area contributed by atoms with Gasteiger partial charge in [0.25, 0.3) is 0 Å². The highest BCUT2D eigenvalue weighted by molar-refractivity contribution is 5.84. The second-order valence-electron chi connectivity index (χ2n) is 10.3. The summed E-state index contributed by atoms with van der Waals surface area (Å²) in [5, 5.41) is 10.1. The van der Waals surface area contributed by atoms with Crippen molar-refractivity contribution in [1.82, 2.24) is 29.8 Å². The molecule has 0 unspecified atom stereocenters. The maximum absolute atomic E-state index is 13.6. The fourth-order valence-corrected chi connectivity index (χ4v) is 4.91. The largest absolute Gasteiger partial charge is 0.364 e. The van der Waals surface area contributed by atoms with Gasteiger partial charge in [0.15, 0.2) is 17.0 Å². The molecule has 10 heteroatoms. The maximum Gasteiger partial charge on any atom is 0.227 e. The molecule has 9 nitrogen and oxygen atoms in total. The van der Waals surface area contributed by atoms with Gasteiger partial charge >= 0.3 is 0 Å². The lowest BCUT2D eigenvalue weighted by Crippen LogP contribution is -2.40. The SMILES string of the molecule is CCC(=O)NC1CCC(Nc2nc(NCc3ccc(-c4cccc(F)c4)nc3)c3ncn(C(C)C)c3n2)CC1. The van der Waals surface area contributed by atoms with E-state index in [1.807, 2.05) is 29.7 Å². The van der Waals surface area contributed by atoms with E-state index >= 15 is 0 Å². The highest BCUT2D eigenvalue weighted by atomic mass is 19.1. The number of amides is 1. The molecule has 0 spiro atoms. The smallest absolute Gasteiger partial charge is 0.227 e. The van der Waals surface area contributed by atoms with E-state index in [0.29, 0.717) is 35.9 Å². The minimum Gasteiger partial charge on any atom is -0.364 e. The zero-order chi connectivity index (χ0) is 27.4.